The molecule has 6 heteroatoms. The highest BCUT2D eigenvalue weighted by Gasteiger charge is 2.25. The van der Waals surface area contributed by atoms with E-state index in [0.29, 0.717) is 11.3 Å². The molecular weight excluding hydrogens is 357 g/mol. The molecule has 0 aliphatic carbocycles. The minimum atomic E-state index is -0.528. The largest absolute Gasteiger partial charge is 0.305 e. The molecule has 1 heterocycles. The first-order valence-electron chi connectivity index (χ1n) is 8.71. The lowest BCUT2D eigenvalue weighted by atomic mass is 9.90. The summed E-state index contributed by atoms with van der Waals surface area (Å²) in [6.45, 7) is 0. The van der Waals surface area contributed by atoms with E-state index in [1.165, 1.54) is 12.1 Å². The van der Waals surface area contributed by atoms with E-state index < -0.39 is 5.92 Å². The molecule has 28 heavy (non-hydrogen) atoms. The summed E-state index contributed by atoms with van der Waals surface area (Å²) in [6, 6.07) is 24.7. The van der Waals surface area contributed by atoms with Crippen LogP contribution in [-0.2, 0) is 4.79 Å². The molecule has 3 aromatic carbocycles. The summed E-state index contributed by atoms with van der Waals surface area (Å²) in [4.78, 5) is 13.2. The van der Waals surface area contributed by atoms with E-state index in [2.05, 4.69) is 15.6 Å². The number of hydrogen-bond donors (Lipinski definition) is 1. The summed E-state index contributed by atoms with van der Waals surface area (Å²) >= 11 is 0. The van der Waals surface area contributed by atoms with Gasteiger partial charge in [0.15, 0.2) is 5.69 Å². The number of benzene rings is 3. The van der Waals surface area contributed by atoms with Gasteiger partial charge in [-0.1, -0.05) is 60.7 Å². The van der Waals surface area contributed by atoms with Crippen molar-refractivity contribution in [3.63, 3.8) is 0 Å². The fraction of sp³-hybridized carbons (Fsp3) is 0.0455. The molecule has 1 N–H and O–H groups in total. The minimum Gasteiger partial charge on any atom is -0.305 e. The van der Waals surface area contributed by atoms with Gasteiger partial charge < -0.3 is 5.32 Å². The number of nitrogens with zero attached hydrogens (tertiary/aromatic N) is 2. The number of halogens is 1. The maximum atomic E-state index is 13.2. The number of carbonyl (C=O) groups excluding carboxylic acids is 1. The third-order valence-electron chi connectivity index (χ3n) is 4.38. The van der Waals surface area contributed by atoms with E-state index in [-0.39, 0.29) is 17.5 Å². The molecule has 0 aliphatic rings. The van der Waals surface area contributed by atoms with Gasteiger partial charge in [-0.3, -0.25) is 4.79 Å². The van der Waals surface area contributed by atoms with Crippen LogP contribution in [0.1, 0.15) is 17.0 Å². The van der Waals surface area contributed by atoms with Gasteiger partial charge in [-0.15, -0.1) is 0 Å². The van der Waals surface area contributed by atoms with Crippen molar-refractivity contribution < 1.29 is 13.8 Å². The molecule has 0 fully saturated rings. The van der Waals surface area contributed by atoms with Crippen LogP contribution in [0.25, 0.3) is 11.3 Å². The van der Waals surface area contributed by atoms with Gasteiger partial charge in [0.2, 0.25) is 11.7 Å². The molecule has 0 saturated heterocycles. The molecule has 1 aromatic heterocycles. The molecule has 0 bridgehead atoms. The van der Waals surface area contributed by atoms with Crippen molar-refractivity contribution in [1.82, 2.24) is 10.3 Å². The topological polar surface area (TPSA) is 68.0 Å². The van der Waals surface area contributed by atoms with Crippen LogP contribution in [0.2, 0.25) is 0 Å². The molecule has 4 aromatic rings. The first kappa shape index (κ1) is 17.6. The maximum Gasteiger partial charge on any atom is 0.237 e. The minimum absolute atomic E-state index is 0.188. The van der Waals surface area contributed by atoms with Crippen molar-refractivity contribution >= 4 is 11.7 Å². The summed E-state index contributed by atoms with van der Waals surface area (Å²) in [6.07, 6.45) is 0. The Bertz CT molecular complexity index is 1020. The molecule has 0 aliphatic heterocycles. The van der Waals surface area contributed by atoms with E-state index in [1.54, 1.807) is 12.1 Å². The molecule has 1 amide bonds. The average Bonchev–Trinajstić information content (AvgIpc) is 3.18. The van der Waals surface area contributed by atoms with Crippen LogP contribution in [0.15, 0.2) is 89.6 Å². The highest BCUT2D eigenvalue weighted by molar-refractivity contribution is 5.99. The fourth-order valence-electron chi connectivity index (χ4n) is 3.04. The van der Waals surface area contributed by atoms with Gasteiger partial charge in [0.05, 0.1) is 5.92 Å². The van der Waals surface area contributed by atoms with Crippen molar-refractivity contribution in [1.29, 1.82) is 0 Å². The van der Waals surface area contributed by atoms with Gasteiger partial charge in [0.25, 0.3) is 0 Å². The van der Waals surface area contributed by atoms with Gasteiger partial charge >= 0.3 is 0 Å². The van der Waals surface area contributed by atoms with Gasteiger partial charge in [-0.2, -0.15) is 0 Å². The Morgan fingerprint density at radius 3 is 1.96 bits per heavy atom. The zero-order valence-electron chi connectivity index (χ0n) is 14.7. The predicted molar refractivity (Wildman–Crippen MR) is 103 cm³/mol. The quantitative estimate of drug-likeness (QED) is 0.553. The Morgan fingerprint density at radius 1 is 0.821 bits per heavy atom. The Labute approximate surface area is 160 Å². The molecule has 0 radical (unpaired) electrons. The van der Waals surface area contributed by atoms with E-state index in [0.717, 1.165) is 11.1 Å². The van der Waals surface area contributed by atoms with Crippen molar-refractivity contribution in [2.24, 2.45) is 0 Å². The Kier molecular flexibility index (Phi) is 4.93. The standard InChI is InChI=1S/C22H16FN3O2/c23-18-13-11-17(12-14-18)20-21(26-28-25-20)24-22(27)19(15-7-3-1-4-8-15)16-9-5-2-6-10-16/h1-14,19H,(H,24,26,27). The average molecular weight is 373 g/mol. The van der Waals surface area contributed by atoms with Gasteiger partial charge in [0.1, 0.15) is 5.82 Å². The summed E-state index contributed by atoms with van der Waals surface area (Å²) in [7, 11) is 0. The first-order chi connectivity index (χ1) is 13.7. The van der Waals surface area contributed by atoms with Crippen LogP contribution < -0.4 is 5.32 Å². The lowest BCUT2D eigenvalue weighted by molar-refractivity contribution is -0.116. The van der Waals surface area contributed by atoms with E-state index in [4.69, 9.17) is 4.63 Å². The normalized spacial score (nSPS) is 10.8. The second kappa shape index (κ2) is 7.84. The third-order valence-corrected chi connectivity index (χ3v) is 4.38. The number of aromatic nitrogens is 2. The lowest BCUT2D eigenvalue weighted by Crippen LogP contribution is -2.22. The molecule has 138 valence electrons. The Balaban J connectivity index is 1.66. The summed E-state index contributed by atoms with van der Waals surface area (Å²) in [5.41, 5.74) is 2.64. The first-order valence-corrected chi connectivity index (χ1v) is 8.71. The number of nitrogens with one attached hydrogen (secondary N) is 1. The molecule has 0 atom stereocenters. The van der Waals surface area contributed by atoms with Crippen molar-refractivity contribution in [3.05, 3.63) is 102 Å². The third kappa shape index (κ3) is 3.66. The monoisotopic (exact) mass is 373 g/mol. The fourth-order valence-corrected chi connectivity index (χ4v) is 3.04. The summed E-state index contributed by atoms with van der Waals surface area (Å²) in [5, 5.41) is 10.5. The summed E-state index contributed by atoms with van der Waals surface area (Å²) in [5.74, 6) is -0.968. The highest BCUT2D eigenvalue weighted by atomic mass is 19.1. The smallest absolute Gasteiger partial charge is 0.237 e. The highest BCUT2D eigenvalue weighted by Crippen LogP contribution is 2.29. The van der Waals surface area contributed by atoms with Crippen LogP contribution in [0.4, 0.5) is 10.2 Å². The number of anilines is 1. The van der Waals surface area contributed by atoms with Crippen LogP contribution in [-0.4, -0.2) is 16.2 Å². The molecule has 0 spiro atoms. The second-order valence-electron chi connectivity index (χ2n) is 6.21. The lowest BCUT2D eigenvalue weighted by Gasteiger charge is -2.17. The molecule has 0 saturated carbocycles. The van der Waals surface area contributed by atoms with Crippen LogP contribution >= 0.6 is 0 Å². The number of hydrogen-bond acceptors (Lipinski definition) is 4. The van der Waals surface area contributed by atoms with E-state index >= 15 is 0 Å². The van der Waals surface area contributed by atoms with Gasteiger partial charge in [-0.05, 0) is 45.7 Å². The Hall–Kier alpha value is -3.80. The number of rotatable bonds is 5. The Morgan fingerprint density at radius 2 is 1.39 bits per heavy atom. The summed E-state index contributed by atoms with van der Waals surface area (Å²) < 4.78 is 18.0. The van der Waals surface area contributed by atoms with E-state index in [9.17, 15) is 9.18 Å². The van der Waals surface area contributed by atoms with Crippen molar-refractivity contribution in [3.8, 4) is 11.3 Å². The zero-order valence-corrected chi connectivity index (χ0v) is 14.7. The van der Waals surface area contributed by atoms with E-state index in [1.807, 2.05) is 60.7 Å². The van der Waals surface area contributed by atoms with Crippen LogP contribution in [0.5, 0.6) is 0 Å². The SMILES string of the molecule is O=C(Nc1nonc1-c1ccc(F)cc1)C(c1ccccc1)c1ccccc1. The second-order valence-corrected chi connectivity index (χ2v) is 6.21. The van der Waals surface area contributed by atoms with Crippen LogP contribution in [0, 0.1) is 5.82 Å². The van der Waals surface area contributed by atoms with Crippen molar-refractivity contribution in [2.45, 2.75) is 5.92 Å². The van der Waals surface area contributed by atoms with Crippen molar-refractivity contribution in [2.75, 3.05) is 5.32 Å². The maximum absolute atomic E-state index is 13.2. The molecule has 5 nitrogen and oxygen atoms in total. The molecule has 0 unspecified atom stereocenters. The number of carbonyl (C=O) groups is 1. The molecule has 4 rings (SSSR count). The molecular formula is C22H16FN3O2. The predicted octanol–water partition coefficient (Wildman–Crippen LogP) is 4.65. The van der Waals surface area contributed by atoms with Gasteiger partial charge in [0, 0.05) is 5.56 Å². The van der Waals surface area contributed by atoms with Crippen LogP contribution in [0.3, 0.4) is 0 Å². The number of amides is 1. The van der Waals surface area contributed by atoms with Gasteiger partial charge in [-0.25, -0.2) is 9.02 Å². The zero-order chi connectivity index (χ0) is 19.3.